The van der Waals surface area contributed by atoms with Crippen molar-refractivity contribution in [1.29, 1.82) is 0 Å². The molecule has 0 spiro atoms. The van der Waals surface area contributed by atoms with Crippen molar-refractivity contribution in [2.75, 3.05) is 0 Å². The maximum Gasteiger partial charge on any atom is 0.115 e. The third-order valence-corrected chi connectivity index (χ3v) is 2.87. The molecule has 0 aliphatic heterocycles. The van der Waals surface area contributed by atoms with Crippen molar-refractivity contribution in [3.63, 3.8) is 0 Å². The van der Waals surface area contributed by atoms with Gasteiger partial charge in [0.15, 0.2) is 0 Å². The Morgan fingerprint density at radius 2 is 1.69 bits per heavy atom. The van der Waals surface area contributed by atoms with Gasteiger partial charge in [-0.2, -0.15) is 0 Å². The number of aromatic hydroxyl groups is 1. The van der Waals surface area contributed by atoms with Crippen LogP contribution in [0.4, 0.5) is 0 Å². The minimum absolute atomic E-state index is 0.0160. The van der Waals surface area contributed by atoms with Crippen LogP contribution in [0.3, 0.4) is 0 Å². The molecule has 0 fully saturated rings. The number of phenolic OH excluding ortho intramolecular Hbond substituents is 1. The number of benzene rings is 1. The third-order valence-electron chi connectivity index (χ3n) is 2.87. The van der Waals surface area contributed by atoms with Gasteiger partial charge in [0.05, 0.1) is 6.10 Å². The highest BCUT2D eigenvalue weighted by molar-refractivity contribution is 5.27. The van der Waals surface area contributed by atoms with Crippen molar-refractivity contribution in [2.45, 2.75) is 39.3 Å². The topological polar surface area (TPSA) is 66.5 Å². The molecule has 1 aromatic rings. The maximum absolute atomic E-state index is 9.98. The first-order chi connectivity index (χ1) is 7.30. The van der Waals surface area contributed by atoms with E-state index in [0.29, 0.717) is 6.42 Å². The maximum atomic E-state index is 9.98. The van der Waals surface area contributed by atoms with Crippen LogP contribution in [-0.4, -0.2) is 16.3 Å². The van der Waals surface area contributed by atoms with Crippen LogP contribution in [0.25, 0.3) is 0 Å². The van der Waals surface area contributed by atoms with Gasteiger partial charge in [0.25, 0.3) is 0 Å². The second-order valence-corrected chi connectivity index (χ2v) is 5.32. The summed E-state index contributed by atoms with van der Waals surface area (Å²) in [5, 5.41) is 19.1. The number of hydrogen-bond donors (Lipinski definition) is 3. The van der Waals surface area contributed by atoms with Gasteiger partial charge in [0, 0.05) is 6.04 Å². The first kappa shape index (κ1) is 13.0. The van der Waals surface area contributed by atoms with Crippen molar-refractivity contribution in [2.24, 2.45) is 11.1 Å². The van der Waals surface area contributed by atoms with Crippen LogP contribution < -0.4 is 5.73 Å². The van der Waals surface area contributed by atoms with E-state index in [9.17, 15) is 5.11 Å². The van der Waals surface area contributed by atoms with Crippen LogP contribution in [0, 0.1) is 5.41 Å². The summed E-state index contributed by atoms with van der Waals surface area (Å²) in [6.45, 7) is 6.17. The van der Waals surface area contributed by atoms with Crippen LogP contribution in [0.2, 0.25) is 0 Å². The van der Waals surface area contributed by atoms with Crippen LogP contribution in [0.15, 0.2) is 24.3 Å². The molecule has 16 heavy (non-hydrogen) atoms. The lowest BCUT2D eigenvalue weighted by Crippen LogP contribution is -2.36. The minimum atomic E-state index is -0.574. The monoisotopic (exact) mass is 223 g/mol. The van der Waals surface area contributed by atoms with E-state index >= 15 is 0 Å². The lowest BCUT2D eigenvalue weighted by molar-refractivity contribution is 0.133. The summed E-state index contributed by atoms with van der Waals surface area (Å²) in [6.07, 6.45) is -0.0521. The average molecular weight is 223 g/mol. The minimum Gasteiger partial charge on any atom is -0.508 e. The van der Waals surface area contributed by atoms with Gasteiger partial charge < -0.3 is 15.9 Å². The van der Waals surface area contributed by atoms with Crippen LogP contribution in [0.5, 0.6) is 5.75 Å². The molecule has 0 aliphatic rings. The molecule has 4 N–H and O–H groups in total. The number of phenols is 1. The van der Waals surface area contributed by atoms with E-state index < -0.39 is 6.10 Å². The van der Waals surface area contributed by atoms with Gasteiger partial charge >= 0.3 is 0 Å². The summed E-state index contributed by atoms with van der Waals surface area (Å²) in [5.74, 6) is 0.205. The molecule has 1 rings (SSSR count). The smallest absolute Gasteiger partial charge is 0.115 e. The highest BCUT2D eigenvalue weighted by Gasteiger charge is 2.23. The lowest BCUT2D eigenvalue weighted by atomic mass is 9.83. The summed E-state index contributed by atoms with van der Waals surface area (Å²) in [7, 11) is 0. The van der Waals surface area contributed by atoms with Crippen LogP contribution in [-0.2, 0) is 0 Å². The fourth-order valence-electron chi connectivity index (χ4n) is 1.43. The quantitative estimate of drug-likeness (QED) is 0.736. The second kappa shape index (κ2) is 4.85. The molecule has 0 unspecified atom stereocenters. The summed E-state index contributed by atoms with van der Waals surface area (Å²) in [6, 6.07) is 6.52. The summed E-state index contributed by atoms with van der Waals surface area (Å²) >= 11 is 0. The number of rotatable bonds is 3. The zero-order chi connectivity index (χ0) is 12.3. The Bertz CT molecular complexity index is 327. The molecule has 3 nitrogen and oxygen atoms in total. The van der Waals surface area contributed by atoms with Crippen molar-refractivity contribution in [1.82, 2.24) is 0 Å². The number of hydrogen-bond acceptors (Lipinski definition) is 3. The van der Waals surface area contributed by atoms with Gasteiger partial charge in [-0.25, -0.2) is 0 Å². The molecule has 0 aromatic heterocycles. The Balaban J connectivity index is 2.65. The Hall–Kier alpha value is -1.06. The van der Waals surface area contributed by atoms with Gasteiger partial charge in [0.1, 0.15) is 5.75 Å². The molecule has 0 saturated heterocycles. The lowest BCUT2D eigenvalue weighted by Gasteiger charge is -2.29. The molecule has 0 amide bonds. The highest BCUT2D eigenvalue weighted by Crippen LogP contribution is 2.27. The number of aliphatic hydroxyl groups excluding tert-OH is 1. The largest absolute Gasteiger partial charge is 0.508 e. The van der Waals surface area contributed by atoms with E-state index in [1.807, 2.05) is 0 Å². The van der Waals surface area contributed by atoms with E-state index in [1.54, 1.807) is 24.3 Å². The predicted molar refractivity (Wildman–Crippen MR) is 65.1 cm³/mol. The van der Waals surface area contributed by atoms with E-state index in [1.165, 1.54) is 0 Å². The zero-order valence-electron chi connectivity index (χ0n) is 10.1. The van der Waals surface area contributed by atoms with E-state index in [0.717, 1.165) is 5.56 Å². The van der Waals surface area contributed by atoms with E-state index in [4.69, 9.17) is 10.8 Å². The van der Waals surface area contributed by atoms with Crippen LogP contribution >= 0.6 is 0 Å². The molecule has 90 valence electrons. The molecule has 0 bridgehead atoms. The summed E-state index contributed by atoms with van der Waals surface area (Å²) in [4.78, 5) is 0. The third kappa shape index (κ3) is 3.51. The molecule has 0 radical (unpaired) electrons. The normalized spacial score (nSPS) is 15.8. The van der Waals surface area contributed by atoms with Crippen molar-refractivity contribution in [3.05, 3.63) is 29.8 Å². The van der Waals surface area contributed by atoms with Crippen molar-refractivity contribution >= 4 is 0 Å². The summed E-state index contributed by atoms with van der Waals surface area (Å²) in [5.41, 5.74) is 6.78. The van der Waals surface area contributed by atoms with E-state index in [-0.39, 0.29) is 17.2 Å². The average Bonchev–Trinajstić information content (AvgIpc) is 2.17. The molecular formula is C13H21NO2. The fourth-order valence-corrected chi connectivity index (χ4v) is 1.43. The standard InChI is InChI=1S/C13H21NO2/c1-13(2,3)12(14)8-11(16)9-4-6-10(15)7-5-9/h4-7,11-12,15-16H,8,14H2,1-3H3/t11-,12-/m1/s1. The first-order valence-electron chi connectivity index (χ1n) is 5.53. The van der Waals surface area contributed by atoms with Crippen LogP contribution in [0.1, 0.15) is 38.9 Å². The Morgan fingerprint density at radius 1 is 1.19 bits per heavy atom. The predicted octanol–water partition coefficient (Wildman–Crippen LogP) is 2.19. The van der Waals surface area contributed by atoms with E-state index in [2.05, 4.69) is 20.8 Å². The molecule has 2 atom stereocenters. The molecule has 0 aliphatic carbocycles. The first-order valence-corrected chi connectivity index (χ1v) is 5.53. The summed E-state index contributed by atoms with van der Waals surface area (Å²) < 4.78 is 0. The number of nitrogens with two attached hydrogens (primary N) is 1. The molecule has 0 saturated carbocycles. The Labute approximate surface area is 96.9 Å². The van der Waals surface area contributed by atoms with Crippen molar-refractivity contribution < 1.29 is 10.2 Å². The molecular weight excluding hydrogens is 202 g/mol. The van der Waals surface area contributed by atoms with Gasteiger partial charge in [-0.3, -0.25) is 0 Å². The zero-order valence-corrected chi connectivity index (χ0v) is 10.1. The fraction of sp³-hybridized carbons (Fsp3) is 0.538. The molecule has 0 heterocycles. The van der Waals surface area contributed by atoms with Gasteiger partial charge in [-0.1, -0.05) is 32.9 Å². The van der Waals surface area contributed by atoms with Gasteiger partial charge in [0.2, 0.25) is 0 Å². The highest BCUT2D eigenvalue weighted by atomic mass is 16.3. The molecule has 1 aromatic carbocycles. The van der Waals surface area contributed by atoms with Crippen molar-refractivity contribution in [3.8, 4) is 5.75 Å². The number of aliphatic hydroxyl groups is 1. The van der Waals surface area contributed by atoms with Gasteiger partial charge in [-0.05, 0) is 29.5 Å². The van der Waals surface area contributed by atoms with Gasteiger partial charge in [-0.15, -0.1) is 0 Å². The molecule has 3 heteroatoms. The SMILES string of the molecule is CC(C)(C)[C@H](N)C[C@@H](O)c1ccc(O)cc1. The Kier molecular flexibility index (Phi) is 3.94. The Morgan fingerprint density at radius 3 is 2.12 bits per heavy atom. The second-order valence-electron chi connectivity index (χ2n) is 5.32.